The van der Waals surface area contributed by atoms with Crippen LogP contribution in [0.25, 0.3) is 11.4 Å². The number of amides is 4. The highest BCUT2D eigenvalue weighted by Crippen LogP contribution is 2.32. The molecule has 0 aliphatic carbocycles. The number of imide groups is 2. The van der Waals surface area contributed by atoms with Crippen LogP contribution in [-0.2, 0) is 44.1 Å². The van der Waals surface area contributed by atoms with Crippen molar-refractivity contribution in [3.8, 4) is 11.4 Å². The lowest BCUT2D eigenvalue weighted by molar-refractivity contribution is -0.131. The maximum absolute atomic E-state index is 12.8. The lowest BCUT2D eigenvalue weighted by atomic mass is 10.1. The van der Waals surface area contributed by atoms with Gasteiger partial charge in [-0.05, 0) is 38.1 Å². The van der Waals surface area contributed by atoms with Crippen LogP contribution in [0.2, 0.25) is 0 Å². The van der Waals surface area contributed by atoms with E-state index in [9.17, 15) is 33.0 Å². The smallest absolute Gasteiger partial charge is 0.276 e. The van der Waals surface area contributed by atoms with Crippen molar-refractivity contribution in [3.05, 3.63) is 104 Å². The molecule has 234 valence electrons. The minimum absolute atomic E-state index is 0.166. The molecule has 2 saturated heterocycles. The van der Waals surface area contributed by atoms with Crippen LogP contribution in [0.5, 0.6) is 0 Å². The third kappa shape index (κ3) is 5.88. The summed E-state index contributed by atoms with van der Waals surface area (Å²) in [4.78, 5) is 72.4. The Morgan fingerprint density at radius 3 is 1.64 bits per heavy atom. The molecule has 2 N–H and O–H groups in total. The van der Waals surface area contributed by atoms with E-state index in [1.165, 1.54) is 21.1 Å². The average Bonchev–Trinajstić information content (AvgIpc) is 3.36. The number of rotatable bonds is 4. The molecule has 3 atom stereocenters. The number of carbonyl (C=O) groups excluding carboxylic acids is 4. The second-order valence-corrected chi connectivity index (χ2v) is 13.0. The van der Waals surface area contributed by atoms with Gasteiger partial charge in [0.15, 0.2) is 0 Å². The van der Waals surface area contributed by atoms with Crippen molar-refractivity contribution in [2.24, 2.45) is 14.1 Å². The quantitative estimate of drug-likeness (QED) is 0.307. The summed E-state index contributed by atoms with van der Waals surface area (Å²) >= 11 is 1.19. The van der Waals surface area contributed by atoms with Gasteiger partial charge in [0.25, 0.3) is 11.1 Å². The van der Waals surface area contributed by atoms with Gasteiger partial charge in [0.2, 0.25) is 23.6 Å². The largest absolute Gasteiger partial charge is 0.294 e. The Morgan fingerprint density at radius 1 is 0.689 bits per heavy atom. The number of nitrogens with one attached hydrogen (secondary N) is 2. The maximum Gasteiger partial charge on any atom is 0.276 e. The second kappa shape index (κ2) is 12.7. The summed E-state index contributed by atoms with van der Waals surface area (Å²) in [6, 6.07) is 18.2. The lowest BCUT2D eigenvalue weighted by Crippen LogP contribution is -2.46. The molecule has 0 saturated carbocycles. The molecule has 3 unspecified atom stereocenters. The Bertz CT molecular complexity index is 1950. The van der Waals surface area contributed by atoms with Crippen molar-refractivity contribution in [3.63, 3.8) is 0 Å². The Morgan fingerprint density at radius 2 is 1.16 bits per heavy atom. The first kappa shape index (κ1) is 31.7. The van der Waals surface area contributed by atoms with E-state index in [-0.39, 0.29) is 28.5 Å². The van der Waals surface area contributed by atoms with Crippen LogP contribution >= 0.6 is 11.8 Å². The van der Waals surface area contributed by atoms with Crippen LogP contribution < -0.4 is 21.8 Å². The fourth-order valence-corrected chi connectivity index (χ4v) is 7.67. The molecule has 2 aliphatic rings. The number of carbonyl (C=O) groups is 4. The summed E-state index contributed by atoms with van der Waals surface area (Å²) in [6.07, 6.45) is 0. The first-order chi connectivity index (χ1) is 21.4. The normalized spacial score (nSPS) is 19.9. The SMILES string of the molecule is Cc1c(C2C(=O)NC(=O)CS2=O)c(=O)n(-c2ccccc2)n1C.Cc1c(C2SCC(=O)NC2=O)c(=O)n(-c2ccccc2)n1C. The molecular weight excluding hydrogens is 620 g/mol. The number of aromatic nitrogens is 4. The highest BCUT2D eigenvalue weighted by Gasteiger charge is 2.39. The van der Waals surface area contributed by atoms with Gasteiger partial charge in [0.1, 0.15) is 16.3 Å². The minimum Gasteiger partial charge on any atom is -0.294 e. The summed E-state index contributed by atoms with van der Waals surface area (Å²) in [5, 5.41) is 2.67. The molecule has 0 bridgehead atoms. The summed E-state index contributed by atoms with van der Waals surface area (Å²) < 4.78 is 18.6. The zero-order chi connectivity index (χ0) is 32.6. The van der Waals surface area contributed by atoms with E-state index in [4.69, 9.17) is 0 Å². The van der Waals surface area contributed by atoms with E-state index >= 15 is 0 Å². The predicted molar refractivity (Wildman–Crippen MR) is 169 cm³/mol. The molecule has 6 rings (SSSR count). The zero-order valence-corrected chi connectivity index (χ0v) is 26.4. The van der Waals surface area contributed by atoms with Gasteiger partial charge in [-0.3, -0.25) is 53.0 Å². The fraction of sp³-hybridized carbons (Fsp3) is 0.267. The van der Waals surface area contributed by atoms with E-state index in [0.29, 0.717) is 16.9 Å². The Labute approximate surface area is 263 Å². The van der Waals surface area contributed by atoms with Crippen molar-refractivity contribution < 1.29 is 23.4 Å². The van der Waals surface area contributed by atoms with E-state index in [2.05, 4.69) is 10.6 Å². The van der Waals surface area contributed by atoms with Crippen LogP contribution in [0.3, 0.4) is 0 Å². The van der Waals surface area contributed by atoms with Gasteiger partial charge in [-0.25, -0.2) is 9.36 Å². The molecule has 2 aromatic heterocycles. The molecule has 2 aromatic carbocycles. The lowest BCUT2D eigenvalue weighted by Gasteiger charge is -2.19. The molecule has 45 heavy (non-hydrogen) atoms. The predicted octanol–water partition coefficient (Wildman–Crippen LogP) is 0.846. The second-order valence-electron chi connectivity index (χ2n) is 10.4. The first-order valence-corrected chi connectivity index (χ1v) is 16.2. The molecular formula is C30H30N6O7S2. The van der Waals surface area contributed by atoms with Gasteiger partial charge in [0.05, 0.1) is 28.3 Å². The number of thioether (sulfide) groups is 1. The molecule has 2 aliphatic heterocycles. The highest BCUT2D eigenvalue weighted by molar-refractivity contribution is 8.01. The number of hydrogen-bond acceptors (Lipinski definition) is 8. The first-order valence-electron chi connectivity index (χ1n) is 13.8. The van der Waals surface area contributed by atoms with Gasteiger partial charge < -0.3 is 0 Å². The van der Waals surface area contributed by atoms with Gasteiger partial charge in [0, 0.05) is 36.3 Å². The number of para-hydroxylation sites is 2. The van der Waals surface area contributed by atoms with Crippen LogP contribution in [0.15, 0.2) is 70.3 Å². The Balaban J connectivity index is 0.000000178. The van der Waals surface area contributed by atoms with Crippen molar-refractivity contribution >= 4 is 46.2 Å². The van der Waals surface area contributed by atoms with Crippen molar-refractivity contribution in [2.45, 2.75) is 24.3 Å². The topological polar surface area (TPSA) is 163 Å². The molecule has 13 nitrogen and oxygen atoms in total. The van der Waals surface area contributed by atoms with Gasteiger partial charge >= 0.3 is 0 Å². The molecule has 4 amide bonds. The molecule has 4 heterocycles. The average molecular weight is 651 g/mol. The Hall–Kier alpha value is -4.76. The van der Waals surface area contributed by atoms with Crippen molar-refractivity contribution in [1.29, 1.82) is 0 Å². The standard InChI is InChI=1S/C15H15N3O4S.C15H15N3O3S/c1-9-12(13-14(20)16-11(19)8-23(13)22)15(21)18(17(9)2)10-6-4-3-5-7-10;1-9-12(13-14(20)16-11(19)8-22-13)15(21)18(17(9)2)10-6-4-3-5-7-10/h3-7,13H,8H2,1-2H3,(H,16,19,20);3-7,13H,8H2,1-2H3,(H,16,19,20). The third-order valence-corrected chi connectivity index (χ3v) is 10.4. The van der Waals surface area contributed by atoms with E-state index in [0.717, 1.165) is 11.4 Å². The maximum atomic E-state index is 12.8. The number of benzene rings is 2. The summed E-state index contributed by atoms with van der Waals surface area (Å²) in [7, 11) is 1.73. The van der Waals surface area contributed by atoms with Crippen LogP contribution in [0, 0.1) is 13.8 Å². The van der Waals surface area contributed by atoms with Gasteiger partial charge in [-0.2, -0.15) is 0 Å². The number of hydrogen-bond donors (Lipinski definition) is 2. The fourth-order valence-electron chi connectivity index (χ4n) is 5.30. The zero-order valence-electron chi connectivity index (χ0n) is 24.8. The van der Waals surface area contributed by atoms with E-state index in [1.807, 2.05) is 36.4 Å². The van der Waals surface area contributed by atoms with Crippen LogP contribution in [-0.4, -0.2) is 58.1 Å². The molecule has 0 radical (unpaired) electrons. The summed E-state index contributed by atoms with van der Waals surface area (Å²) in [5.41, 5.74) is 2.61. The Kier molecular flexibility index (Phi) is 8.93. The van der Waals surface area contributed by atoms with E-state index < -0.39 is 44.6 Å². The van der Waals surface area contributed by atoms with Gasteiger partial charge in [-0.15, -0.1) is 11.8 Å². The van der Waals surface area contributed by atoms with Crippen molar-refractivity contribution in [2.75, 3.05) is 11.5 Å². The molecule has 2 fully saturated rings. The van der Waals surface area contributed by atoms with Crippen molar-refractivity contribution in [1.82, 2.24) is 29.4 Å². The minimum atomic E-state index is -1.75. The molecule has 4 aromatic rings. The third-order valence-electron chi connectivity index (χ3n) is 7.64. The van der Waals surface area contributed by atoms with Crippen LogP contribution in [0.1, 0.15) is 33.0 Å². The molecule has 0 spiro atoms. The highest BCUT2D eigenvalue weighted by atomic mass is 32.2. The monoisotopic (exact) mass is 650 g/mol. The summed E-state index contributed by atoms with van der Waals surface area (Å²) in [5.74, 6) is -2.12. The van der Waals surface area contributed by atoms with Gasteiger partial charge in [-0.1, -0.05) is 36.4 Å². The van der Waals surface area contributed by atoms with E-state index in [1.54, 1.807) is 61.6 Å². The summed E-state index contributed by atoms with van der Waals surface area (Å²) in [6.45, 7) is 3.50. The van der Waals surface area contributed by atoms with Crippen LogP contribution in [0.4, 0.5) is 0 Å². The molecule has 15 heteroatoms. The number of nitrogens with zero attached hydrogens (tertiary/aromatic N) is 4.